The smallest absolute Gasteiger partial charge is 0.314 e. The first-order valence-corrected chi connectivity index (χ1v) is 7.73. The summed E-state index contributed by atoms with van der Waals surface area (Å²) in [6.45, 7) is 0. The number of fused-ring (bicyclic) bond motifs is 1. The van der Waals surface area contributed by atoms with Crippen LogP contribution in [0.15, 0.2) is 45.9 Å². The molecule has 0 spiro atoms. The minimum Gasteiger partial charge on any atom is -0.438 e. The van der Waals surface area contributed by atoms with Crippen molar-refractivity contribution in [1.82, 2.24) is 14.5 Å². The quantitative estimate of drug-likeness (QED) is 0.736. The number of para-hydroxylation sites is 1. The summed E-state index contributed by atoms with van der Waals surface area (Å²) in [6, 6.07) is 9.42. The highest BCUT2D eigenvalue weighted by Gasteiger charge is 2.22. The van der Waals surface area contributed by atoms with Gasteiger partial charge >= 0.3 is 5.91 Å². The van der Waals surface area contributed by atoms with E-state index in [1.165, 1.54) is 19.2 Å². The van der Waals surface area contributed by atoms with Crippen molar-refractivity contribution in [2.45, 2.75) is 5.09 Å². The second-order valence-electron chi connectivity index (χ2n) is 4.45. The molecule has 0 bridgehead atoms. The number of hydrogen-bond donors (Lipinski definition) is 2. The van der Waals surface area contributed by atoms with Gasteiger partial charge in [0.1, 0.15) is 0 Å². The zero-order valence-electron chi connectivity index (χ0n) is 11.5. The first-order valence-electron chi connectivity index (χ1n) is 6.25. The van der Waals surface area contributed by atoms with Gasteiger partial charge in [-0.25, -0.2) is 13.1 Å². The molecule has 0 amide bonds. The van der Waals surface area contributed by atoms with Crippen molar-refractivity contribution >= 4 is 32.7 Å². The summed E-state index contributed by atoms with van der Waals surface area (Å²) in [5.41, 5.74) is 6.28. The van der Waals surface area contributed by atoms with Crippen molar-refractivity contribution in [1.29, 1.82) is 0 Å². The van der Waals surface area contributed by atoms with Crippen LogP contribution in [0.1, 0.15) is 10.6 Å². The van der Waals surface area contributed by atoms with E-state index in [-0.39, 0.29) is 16.7 Å². The van der Waals surface area contributed by atoms with Gasteiger partial charge in [0.15, 0.2) is 11.6 Å². The summed E-state index contributed by atoms with van der Waals surface area (Å²) >= 11 is 0. The molecule has 8 nitrogen and oxygen atoms in total. The summed E-state index contributed by atoms with van der Waals surface area (Å²) in [7, 11) is -2.50. The summed E-state index contributed by atoms with van der Waals surface area (Å²) in [5.74, 6) is -0.550. The third kappa shape index (κ3) is 2.16. The minimum atomic E-state index is -3.75. The van der Waals surface area contributed by atoms with Crippen LogP contribution in [-0.4, -0.2) is 31.2 Å². The molecule has 0 aliphatic rings. The van der Waals surface area contributed by atoms with Crippen LogP contribution < -0.4 is 10.5 Å². The molecule has 22 heavy (non-hydrogen) atoms. The van der Waals surface area contributed by atoms with Crippen molar-refractivity contribution < 1.29 is 17.6 Å². The molecule has 3 rings (SSSR count). The average Bonchev–Trinajstić information content (AvgIpc) is 3.13. The number of benzene rings is 1. The molecule has 1 aromatic carbocycles. The van der Waals surface area contributed by atoms with Crippen LogP contribution in [0.25, 0.3) is 10.9 Å². The number of hydrogen-bond acceptors (Lipinski definition) is 6. The van der Waals surface area contributed by atoms with Gasteiger partial charge < -0.3 is 10.2 Å². The number of furan rings is 1. The highest BCUT2D eigenvalue weighted by atomic mass is 32.2. The number of carbonyl (C=O) groups excluding carboxylic acids is 1. The van der Waals surface area contributed by atoms with Crippen molar-refractivity contribution in [3.05, 3.63) is 42.2 Å². The Morgan fingerprint density at radius 2 is 2.00 bits per heavy atom. The third-order valence-corrected chi connectivity index (χ3v) is 4.42. The lowest BCUT2D eigenvalue weighted by atomic mass is 10.2. The number of nitrogen functional groups attached to an aromatic ring is 1. The van der Waals surface area contributed by atoms with Crippen LogP contribution in [0.4, 0.5) is 5.82 Å². The Bertz CT molecular complexity index is 971. The number of sulfonamides is 1. The van der Waals surface area contributed by atoms with Gasteiger partial charge in [0.25, 0.3) is 10.0 Å². The average molecular weight is 320 g/mol. The maximum Gasteiger partial charge on any atom is 0.314 e. The monoisotopic (exact) mass is 320 g/mol. The molecule has 3 N–H and O–H groups in total. The molecule has 0 fully saturated rings. The molecule has 114 valence electrons. The van der Waals surface area contributed by atoms with Crippen LogP contribution in [0, 0.1) is 0 Å². The molecule has 2 heterocycles. The predicted molar refractivity (Wildman–Crippen MR) is 78.8 cm³/mol. The lowest BCUT2D eigenvalue weighted by molar-refractivity contribution is 0.0917. The van der Waals surface area contributed by atoms with Crippen LogP contribution in [0.5, 0.6) is 0 Å². The van der Waals surface area contributed by atoms with E-state index in [9.17, 15) is 13.2 Å². The Kier molecular flexibility index (Phi) is 3.23. The standard InChI is InChI=1S/C13H12N4O4S/c1-15-22(19,20)11-7-6-10(21-11)13(18)17-9-5-3-2-4-8(9)12(14)16-17/h2-7,15H,1H3,(H2,14,16). The fraction of sp³-hybridized carbons (Fsp3) is 0.0769. The van der Waals surface area contributed by atoms with Gasteiger partial charge in [0, 0.05) is 5.39 Å². The number of aromatic nitrogens is 2. The Balaban J connectivity index is 2.08. The van der Waals surface area contributed by atoms with E-state index in [4.69, 9.17) is 10.2 Å². The van der Waals surface area contributed by atoms with Gasteiger partial charge in [-0.15, -0.1) is 5.10 Å². The van der Waals surface area contributed by atoms with E-state index in [2.05, 4.69) is 9.82 Å². The first-order chi connectivity index (χ1) is 10.4. The summed E-state index contributed by atoms with van der Waals surface area (Å²) in [5, 5.41) is 4.26. The first kappa shape index (κ1) is 14.3. The van der Waals surface area contributed by atoms with Crippen LogP contribution in [-0.2, 0) is 10.0 Å². The van der Waals surface area contributed by atoms with E-state index in [0.29, 0.717) is 10.9 Å². The molecule has 3 aromatic rings. The van der Waals surface area contributed by atoms with Gasteiger partial charge in [-0.05, 0) is 31.3 Å². The summed E-state index contributed by atoms with van der Waals surface area (Å²) < 4.78 is 31.6. The van der Waals surface area contributed by atoms with E-state index >= 15 is 0 Å². The third-order valence-electron chi connectivity index (χ3n) is 3.13. The molecule has 0 radical (unpaired) electrons. The molecule has 9 heteroatoms. The largest absolute Gasteiger partial charge is 0.438 e. The highest BCUT2D eigenvalue weighted by Crippen LogP contribution is 2.22. The Morgan fingerprint density at radius 3 is 2.73 bits per heavy atom. The van der Waals surface area contributed by atoms with Crippen molar-refractivity contribution in [3.63, 3.8) is 0 Å². The predicted octanol–water partition coefficient (Wildman–Crippen LogP) is 0.808. The summed E-state index contributed by atoms with van der Waals surface area (Å²) in [6.07, 6.45) is 0. The molecule has 0 unspecified atom stereocenters. The van der Waals surface area contributed by atoms with Gasteiger partial charge in [-0.2, -0.15) is 4.68 Å². The van der Waals surface area contributed by atoms with E-state index < -0.39 is 15.9 Å². The second kappa shape index (κ2) is 4.97. The Hall–Kier alpha value is -2.65. The number of nitrogens with zero attached hydrogens (tertiary/aromatic N) is 2. The molecular formula is C13H12N4O4S. The SMILES string of the molecule is CNS(=O)(=O)c1ccc(C(=O)n2nc(N)c3ccccc32)o1. The molecule has 0 atom stereocenters. The van der Waals surface area contributed by atoms with Crippen LogP contribution in [0.2, 0.25) is 0 Å². The Labute approximate surface area is 125 Å². The highest BCUT2D eigenvalue weighted by molar-refractivity contribution is 7.89. The minimum absolute atomic E-state index is 0.151. The molecule has 0 aliphatic heterocycles. The maximum absolute atomic E-state index is 12.4. The van der Waals surface area contributed by atoms with Crippen molar-refractivity contribution in [3.8, 4) is 0 Å². The molecular weight excluding hydrogens is 308 g/mol. The lowest BCUT2D eigenvalue weighted by Gasteiger charge is -1.99. The second-order valence-corrected chi connectivity index (χ2v) is 6.26. The number of nitrogens with one attached hydrogen (secondary N) is 1. The molecule has 0 saturated carbocycles. The summed E-state index contributed by atoms with van der Waals surface area (Å²) in [4.78, 5) is 12.4. The van der Waals surface area contributed by atoms with Crippen molar-refractivity contribution in [2.75, 3.05) is 12.8 Å². The van der Waals surface area contributed by atoms with E-state index in [1.54, 1.807) is 24.3 Å². The Morgan fingerprint density at radius 1 is 1.27 bits per heavy atom. The fourth-order valence-corrected chi connectivity index (χ4v) is 2.68. The lowest BCUT2D eigenvalue weighted by Crippen LogP contribution is -2.18. The van der Waals surface area contributed by atoms with Gasteiger partial charge in [0.05, 0.1) is 5.52 Å². The molecule has 0 saturated heterocycles. The van der Waals surface area contributed by atoms with E-state index in [0.717, 1.165) is 4.68 Å². The van der Waals surface area contributed by atoms with E-state index in [1.807, 2.05) is 0 Å². The zero-order valence-corrected chi connectivity index (χ0v) is 12.3. The zero-order chi connectivity index (χ0) is 15.9. The molecule has 2 aromatic heterocycles. The number of anilines is 1. The van der Waals surface area contributed by atoms with Gasteiger partial charge in [0.2, 0.25) is 5.09 Å². The van der Waals surface area contributed by atoms with Gasteiger partial charge in [-0.3, -0.25) is 4.79 Å². The number of carbonyl (C=O) groups is 1. The van der Waals surface area contributed by atoms with Crippen LogP contribution >= 0.6 is 0 Å². The normalized spacial score (nSPS) is 11.9. The maximum atomic E-state index is 12.4. The van der Waals surface area contributed by atoms with Crippen molar-refractivity contribution in [2.24, 2.45) is 0 Å². The number of rotatable bonds is 3. The topological polar surface area (TPSA) is 120 Å². The number of nitrogens with two attached hydrogens (primary N) is 1. The van der Waals surface area contributed by atoms with Crippen LogP contribution in [0.3, 0.4) is 0 Å². The fourth-order valence-electron chi connectivity index (χ4n) is 2.03. The van der Waals surface area contributed by atoms with Gasteiger partial charge in [-0.1, -0.05) is 12.1 Å². The molecule has 0 aliphatic carbocycles.